The number of ether oxygens (including phenoxy) is 3. The summed E-state index contributed by atoms with van der Waals surface area (Å²) >= 11 is 0. The van der Waals surface area contributed by atoms with Crippen LogP contribution in [0.4, 0.5) is 5.82 Å². The van der Waals surface area contributed by atoms with Crippen LogP contribution in [0.1, 0.15) is 6.92 Å². The van der Waals surface area contributed by atoms with Gasteiger partial charge in [0.2, 0.25) is 15.9 Å². The Balaban J connectivity index is 0.00000324. The van der Waals surface area contributed by atoms with Crippen molar-refractivity contribution in [1.82, 2.24) is 24.5 Å². The minimum Gasteiger partial charge on any atom is -0.494 e. The molecule has 4 aromatic rings. The number of hydrogen-bond donors (Lipinski definition) is 1. The van der Waals surface area contributed by atoms with Crippen molar-refractivity contribution in [3.63, 3.8) is 0 Å². The average Bonchev–Trinajstić information content (AvgIpc) is 3.16. The Morgan fingerprint density at radius 1 is 1.00 bits per heavy atom. The third kappa shape index (κ3) is 5.35. The summed E-state index contributed by atoms with van der Waals surface area (Å²) < 4.78 is 44.2. The Labute approximate surface area is 226 Å². The minimum absolute atomic E-state index is 0. The van der Waals surface area contributed by atoms with Gasteiger partial charge < -0.3 is 14.2 Å². The van der Waals surface area contributed by atoms with Crippen LogP contribution in [0.5, 0.6) is 17.4 Å². The van der Waals surface area contributed by atoms with Crippen LogP contribution in [-0.2, 0) is 10.0 Å². The molecule has 1 N–H and O–H groups in total. The van der Waals surface area contributed by atoms with E-state index >= 15 is 0 Å². The number of aromatic nitrogens is 5. The number of sulfonamides is 1. The van der Waals surface area contributed by atoms with E-state index in [1.165, 1.54) is 20.4 Å². The fraction of sp³-hybridized carbons (Fsp3) is 0.238. The van der Waals surface area contributed by atoms with Crippen molar-refractivity contribution in [2.24, 2.45) is 0 Å². The van der Waals surface area contributed by atoms with Crippen molar-refractivity contribution < 1.29 is 22.6 Å². The molecule has 174 valence electrons. The summed E-state index contributed by atoms with van der Waals surface area (Å²) in [6.07, 6.45) is 2.34. The standard InChI is InChI=1S/C21H22N6O5S.Ca/c1-5-32-17-11-6-8-13(23-17)20-25-19-21(24-16(12-22-19)26-33(4,28)29)27(20)18-14(30-2)9-7-10-15(18)31-3;/h6-12H,5H2,1-4H3,(H,24,26);. The summed E-state index contributed by atoms with van der Waals surface area (Å²) in [5.41, 5.74) is 1.56. The first kappa shape index (κ1) is 25.9. The number of imidazole rings is 1. The van der Waals surface area contributed by atoms with Crippen LogP contribution in [0.2, 0.25) is 0 Å². The van der Waals surface area contributed by atoms with E-state index in [4.69, 9.17) is 14.2 Å². The fourth-order valence-corrected chi connectivity index (χ4v) is 3.77. The van der Waals surface area contributed by atoms with Gasteiger partial charge in [-0.1, -0.05) is 12.1 Å². The number of hydrogen-bond acceptors (Lipinski definition) is 9. The molecular formula is C21H22CaN6O5S. The van der Waals surface area contributed by atoms with E-state index in [1.807, 2.05) is 6.92 Å². The van der Waals surface area contributed by atoms with E-state index in [-0.39, 0.29) is 54.9 Å². The first-order valence-electron chi connectivity index (χ1n) is 9.89. The van der Waals surface area contributed by atoms with Gasteiger partial charge in [-0.05, 0) is 25.1 Å². The molecule has 0 aliphatic carbocycles. The van der Waals surface area contributed by atoms with Crippen molar-refractivity contribution in [2.45, 2.75) is 6.92 Å². The monoisotopic (exact) mass is 510 g/mol. The molecule has 0 atom stereocenters. The topological polar surface area (TPSA) is 130 Å². The molecule has 0 aliphatic heterocycles. The quantitative estimate of drug-likeness (QED) is 0.355. The van der Waals surface area contributed by atoms with Crippen molar-refractivity contribution in [3.8, 4) is 34.6 Å². The number of para-hydroxylation sites is 1. The molecule has 2 radical (unpaired) electrons. The molecule has 11 nitrogen and oxygen atoms in total. The van der Waals surface area contributed by atoms with Gasteiger partial charge in [0, 0.05) is 43.8 Å². The average molecular weight is 511 g/mol. The number of rotatable bonds is 8. The molecule has 0 unspecified atom stereocenters. The number of fused-ring (bicyclic) bond motifs is 1. The first-order valence-corrected chi connectivity index (χ1v) is 11.8. The third-order valence-corrected chi connectivity index (χ3v) is 5.11. The first-order chi connectivity index (χ1) is 15.8. The van der Waals surface area contributed by atoms with Gasteiger partial charge in [-0.3, -0.25) is 9.29 Å². The van der Waals surface area contributed by atoms with Crippen LogP contribution in [0.15, 0.2) is 42.6 Å². The Hall–Kier alpha value is -2.67. The predicted molar refractivity (Wildman–Crippen MR) is 128 cm³/mol. The molecule has 0 fully saturated rings. The maximum atomic E-state index is 11.8. The Morgan fingerprint density at radius 3 is 2.29 bits per heavy atom. The number of nitrogens with zero attached hydrogens (tertiary/aromatic N) is 5. The number of benzene rings is 1. The summed E-state index contributed by atoms with van der Waals surface area (Å²) in [5, 5.41) is 0. The summed E-state index contributed by atoms with van der Waals surface area (Å²) in [4.78, 5) is 18.0. The van der Waals surface area contributed by atoms with Crippen LogP contribution in [0.25, 0.3) is 28.5 Å². The fourth-order valence-electron chi connectivity index (χ4n) is 3.29. The molecule has 1 aromatic carbocycles. The van der Waals surface area contributed by atoms with E-state index < -0.39 is 10.0 Å². The predicted octanol–water partition coefficient (Wildman–Crippen LogP) is 2.28. The largest absolute Gasteiger partial charge is 0.494 e. The van der Waals surface area contributed by atoms with E-state index in [0.29, 0.717) is 41.2 Å². The van der Waals surface area contributed by atoms with Crippen LogP contribution in [-0.4, -0.2) is 97.7 Å². The van der Waals surface area contributed by atoms with Crippen LogP contribution >= 0.6 is 0 Å². The van der Waals surface area contributed by atoms with Gasteiger partial charge in [0.1, 0.15) is 22.9 Å². The maximum absolute atomic E-state index is 11.8. The van der Waals surface area contributed by atoms with Crippen molar-refractivity contribution in [2.75, 3.05) is 31.8 Å². The molecule has 0 saturated carbocycles. The zero-order chi connectivity index (χ0) is 23.6. The van der Waals surface area contributed by atoms with Crippen LogP contribution < -0.4 is 18.9 Å². The molecule has 3 aromatic heterocycles. The molecule has 13 heteroatoms. The number of nitrogens with one attached hydrogen (secondary N) is 1. The molecule has 3 heterocycles. The van der Waals surface area contributed by atoms with Gasteiger partial charge in [-0.25, -0.2) is 28.4 Å². The Morgan fingerprint density at radius 2 is 1.68 bits per heavy atom. The smallest absolute Gasteiger partial charge is 0.231 e. The molecule has 0 bridgehead atoms. The number of anilines is 1. The van der Waals surface area contributed by atoms with E-state index in [2.05, 4.69) is 24.7 Å². The maximum Gasteiger partial charge on any atom is 0.231 e. The Bertz CT molecular complexity index is 1400. The van der Waals surface area contributed by atoms with E-state index in [1.54, 1.807) is 41.0 Å². The molecule has 34 heavy (non-hydrogen) atoms. The SMILES string of the molecule is CCOc1cccc(-c2nc3ncc(NS(C)(=O)=O)nc3n2-c2c(OC)cccc2OC)n1.[Ca]. The van der Waals surface area contributed by atoms with Gasteiger partial charge in [-0.15, -0.1) is 0 Å². The minimum atomic E-state index is -3.57. The van der Waals surface area contributed by atoms with E-state index in [9.17, 15) is 8.42 Å². The van der Waals surface area contributed by atoms with Gasteiger partial charge in [-0.2, -0.15) is 0 Å². The van der Waals surface area contributed by atoms with Gasteiger partial charge in [0.05, 0.1) is 33.3 Å². The zero-order valence-corrected chi connectivity index (χ0v) is 22.2. The molecular weight excluding hydrogens is 488 g/mol. The van der Waals surface area contributed by atoms with Gasteiger partial charge >= 0.3 is 0 Å². The molecule has 0 aliphatic rings. The Kier molecular flexibility index (Phi) is 8.18. The van der Waals surface area contributed by atoms with Gasteiger partial charge in [0.15, 0.2) is 22.9 Å². The molecule has 4 rings (SSSR count). The summed E-state index contributed by atoms with van der Waals surface area (Å²) in [5.74, 6) is 1.84. The van der Waals surface area contributed by atoms with Gasteiger partial charge in [0.25, 0.3) is 0 Å². The zero-order valence-electron chi connectivity index (χ0n) is 19.1. The van der Waals surface area contributed by atoms with Crippen LogP contribution in [0.3, 0.4) is 0 Å². The second-order valence-electron chi connectivity index (χ2n) is 6.85. The van der Waals surface area contributed by atoms with Crippen molar-refractivity contribution in [3.05, 3.63) is 42.6 Å². The molecule has 0 amide bonds. The van der Waals surface area contributed by atoms with Crippen molar-refractivity contribution in [1.29, 1.82) is 0 Å². The summed E-state index contributed by atoms with van der Waals surface area (Å²) in [6, 6.07) is 10.6. The summed E-state index contributed by atoms with van der Waals surface area (Å²) in [7, 11) is -0.497. The van der Waals surface area contributed by atoms with Crippen LogP contribution in [0, 0.1) is 0 Å². The number of pyridine rings is 1. The normalized spacial score (nSPS) is 11.1. The second-order valence-corrected chi connectivity index (χ2v) is 8.60. The third-order valence-electron chi connectivity index (χ3n) is 4.53. The second kappa shape index (κ2) is 10.7. The van der Waals surface area contributed by atoms with Crippen molar-refractivity contribution >= 4 is 64.9 Å². The number of methoxy groups -OCH3 is 2. The van der Waals surface area contributed by atoms with E-state index in [0.717, 1.165) is 6.26 Å². The molecule has 0 spiro atoms. The summed E-state index contributed by atoms with van der Waals surface area (Å²) in [6.45, 7) is 2.32. The molecule has 0 saturated heterocycles.